The molecule has 0 spiro atoms. The number of nitrogens with zero attached hydrogens (tertiary/aromatic N) is 3. The Balaban J connectivity index is 1.44. The predicted octanol–water partition coefficient (Wildman–Crippen LogP) is 0.298. The lowest BCUT2D eigenvalue weighted by molar-refractivity contribution is -0.907. The van der Waals surface area contributed by atoms with Crippen LogP contribution in [-0.2, 0) is 11.8 Å². The molecule has 4 rings (SSSR count). The summed E-state index contributed by atoms with van der Waals surface area (Å²) < 4.78 is 7.25. The summed E-state index contributed by atoms with van der Waals surface area (Å²) in [7, 11) is 1.90. The number of amides is 1. The highest BCUT2D eigenvalue weighted by molar-refractivity contribution is 5.92. The molecule has 3 aliphatic rings. The van der Waals surface area contributed by atoms with Crippen LogP contribution < -0.4 is 4.90 Å². The Morgan fingerprint density at radius 3 is 2.77 bits per heavy atom. The van der Waals surface area contributed by atoms with Gasteiger partial charge in [0.05, 0.1) is 26.3 Å². The molecule has 1 amide bonds. The van der Waals surface area contributed by atoms with E-state index in [9.17, 15) is 4.79 Å². The van der Waals surface area contributed by atoms with Gasteiger partial charge in [0.1, 0.15) is 13.1 Å². The van der Waals surface area contributed by atoms with Gasteiger partial charge in [-0.1, -0.05) is 12.2 Å². The van der Waals surface area contributed by atoms with Crippen molar-refractivity contribution >= 4 is 5.91 Å². The first-order valence-electron chi connectivity index (χ1n) is 9.99. The van der Waals surface area contributed by atoms with Crippen molar-refractivity contribution in [2.45, 2.75) is 19.8 Å². The lowest BCUT2D eigenvalue weighted by Crippen LogP contribution is -3.14. The van der Waals surface area contributed by atoms with E-state index in [1.165, 1.54) is 12.8 Å². The van der Waals surface area contributed by atoms with Gasteiger partial charge < -0.3 is 14.5 Å². The number of aromatic nitrogens is 2. The second-order valence-electron chi connectivity index (χ2n) is 8.20. The van der Waals surface area contributed by atoms with E-state index in [0.29, 0.717) is 17.5 Å². The Hall–Kier alpha value is -1.66. The van der Waals surface area contributed by atoms with E-state index in [0.717, 1.165) is 57.5 Å². The molecular weight excluding hydrogens is 328 g/mol. The number of morpholine rings is 1. The SMILES string of the molecule is Cc1cc(C(=O)N(CC[NH+]2CCOCC2)C[C@H]2C[C@H]3C=C[C@H]2C3)nn1C. The van der Waals surface area contributed by atoms with Gasteiger partial charge in [-0.2, -0.15) is 5.10 Å². The number of aryl methyl sites for hydroxylation is 2. The molecule has 6 heteroatoms. The molecule has 0 unspecified atom stereocenters. The first kappa shape index (κ1) is 17.7. The molecule has 1 aliphatic heterocycles. The van der Waals surface area contributed by atoms with Crippen molar-refractivity contribution in [2.24, 2.45) is 24.8 Å². The highest BCUT2D eigenvalue weighted by atomic mass is 16.5. The first-order chi connectivity index (χ1) is 12.6. The standard InChI is InChI=1S/C20H30N4O2/c1-15-11-19(21-22(15)2)20(25)24(6-5-23-7-9-26-10-8-23)14-18-13-16-3-4-17(18)12-16/h3-4,11,16-18H,5-10,12-14H2,1-2H3/p+1/t16-,17-,18+/m0/s1. The Morgan fingerprint density at radius 1 is 1.35 bits per heavy atom. The molecule has 1 aromatic rings. The number of hydrogen-bond acceptors (Lipinski definition) is 3. The summed E-state index contributed by atoms with van der Waals surface area (Å²) in [6.07, 6.45) is 7.26. The Morgan fingerprint density at radius 2 is 2.15 bits per heavy atom. The van der Waals surface area contributed by atoms with E-state index < -0.39 is 0 Å². The lowest BCUT2D eigenvalue weighted by atomic mass is 9.93. The molecular formula is C20H31N4O2+. The van der Waals surface area contributed by atoms with Crippen LogP contribution in [0.2, 0.25) is 0 Å². The summed E-state index contributed by atoms with van der Waals surface area (Å²) in [5.41, 5.74) is 1.61. The number of ether oxygens (including phenoxy) is 1. The zero-order valence-electron chi connectivity index (χ0n) is 16.0. The fourth-order valence-electron chi connectivity index (χ4n) is 4.69. The molecule has 1 N–H and O–H groups in total. The molecule has 3 atom stereocenters. The van der Waals surface area contributed by atoms with Crippen LogP contribution >= 0.6 is 0 Å². The van der Waals surface area contributed by atoms with Crippen LogP contribution in [0.25, 0.3) is 0 Å². The first-order valence-corrected chi connectivity index (χ1v) is 9.99. The molecule has 142 valence electrons. The van der Waals surface area contributed by atoms with Gasteiger partial charge in [0.15, 0.2) is 5.69 Å². The second kappa shape index (κ2) is 7.53. The number of carbonyl (C=O) groups is 1. The van der Waals surface area contributed by atoms with E-state index in [1.54, 1.807) is 9.58 Å². The van der Waals surface area contributed by atoms with E-state index in [1.807, 2.05) is 20.0 Å². The summed E-state index contributed by atoms with van der Waals surface area (Å²) in [4.78, 5) is 16.8. The van der Waals surface area contributed by atoms with Gasteiger partial charge >= 0.3 is 0 Å². The normalized spacial score (nSPS) is 28.0. The van der Waals surface area contributed by atoms with Gasteiger partial charge in [0, 0.05) is 19.3 Å². The van der Waals surface area contributed by atoms with Gasteiger partial charge in [-0.25, -0.2) is 0 Å². The van der Waals surface area contributed by atoms with Crippen molar-refractivity contribution in [3.05, 3.63) is 29.6 Å². The number of rotatable bonds is 6. The molecule has 6 nitrogen and oxygen atoms in total. The maximum absolute atomic E-state index is 13.2. The van der Waals surface area contributed by atoms with Crippen molar-refractivity contribution in [3.63, 3.8) is 0 Å². The average molecular weight is 359 g/mol. The van der Waals surface area contributed by atoms with Gasteiger partial charge in [-0.05, 0) is 43.6 Å². The van der Waals surface area contributed by atoms with Gasteiger partial charge in [0.25, 0.3) is 5.91 Å². The Kier molecular flexibility index (Phi) is 5.14. The number of carbonyl (C=O) groups excluding carboxylic acids is 1. The predicted molar refractivity (Wildman–Crippen MR) is 99.1 cm³/mol. The van der Waals surface area contributed by atoms with Crippen LogP contribution in [0.15, 0.2) is 18.2 Å². The topological polar surface area (TPSA) is 51.8 Å². The van der Waals surface area contributed by atoms with E-state index in [4.69, 9.17) is 4.74 Å². The number of allylic oxidation sites excluding steroid dienone is 2. The van der Waals surface area contributed by atoms with Crippen molar-refractivity contribution < 1.29 is 14.4 Å². The monoisotopic (exact) mass is 359 g/mol. The minimum atomic E-state index is 0.0908. The molecule has 2 aliphatic carbocycles. The quantitative estimate of drug-likeness (QED) is 0.744. The molecule has 1 saturated carbocycles. The van der Waals surface area contributed by atoms with Crippen molar-refractivity contribution in [1.29, 1.82) is 0 Å². The minimum Gasteiger partial charge on any atom is -0.370 e. The summed E-state index contributed by atoms with van der Waals surface area (Å²) >= 11 is 0. The molecule has 26 heavy (non-hydrogen) atoms. The second-order valence-corrected chi connectivity index (χ2v) is 8.20. The van der Waals surface area contributed by atoms with Crippen molar-refractivity contribution in [2.75, 3.05) is 45.9 Å². The zero-order chi connectivity index (χ0) is 18.1. The van der Waals surface area contributed by atoms with Crippen LogP contribution in [-0.4, -0.2) is 66.5 Å². The van der Waals surface area contributed by atoms with E-state index in [-0.39, 0.29) is 5.91 Å². The molecule has 2 fully saturated rings. The van der Waals surface area contributed by atoms with Crippen molar-refractivity contribution in [1.82, 2.24) is 14.7 Å². The van der Waals surface area contributed by atoms with Gasteiger partial charge in [-0.3, -0.25) is 9.48 Å². The van der Waals surface area contributed by atoms with Crippen LogP contribution in [0.4, 0.5) is 0 Å². The fraction of sp³-hybridized carbons (Fsp3) is 0.700. The van der Waals surface area contributed by atoms with Gasteiger partial charge in [0.2, 0.25) is 0 Å². The van der Waals surface area contributed by atoms with Gasteiger partial charge in [-0.15, -0.1) is 0 Å². The zero-order valence-corrected chi connectivity index (χ0v) is 16.0. The maximum atomic E-state index is 13.2. The highest BCUT2D eigenvalue weighted by Crippen LogP contribution is 2.43. The fourth-order valence-corrected chi connectivity index (χ4v) is 4.69. The third-order valence-corrected chi connectivity index (χ3v) is 6.43. The van der Waals surface area contributed by atoms with E-state index in [2.05, 4.69) is 22.2 Å². The average Bonchev–Trinajstić information content (AvgIpc) is 3.35. The largest absolute Gasteiger partial charge is 0.370 e. The third-order valence-electron chi connectivity index (χ3n) is 6.43. The number of hydrogen-bond donors (Lipinski definition) is 1. The number of fused-ring (bicyclic) bond motifs is 2. The molecule has 0 aromatic carbocycles. The summed E-state index contributed by atoms with van der Waals surface area (Å²) in [5, 5.41) is 4.43. The third kappa shape index (κ3) is 3.71. The summed E-state index contributed by atoms with van der Waals surface area (Å²) in [5.74, 6) is 2.10. The maximum Gasteiger partial charge on any atom is 0.274 e. The Labute approximate surface area is 155 Å². The van der Waals surface area contributed by atoms with Crippen LogP contribution in [0.1, 0.15) is 29.0 Å². The molecule has 0 radical (unpaired) electrons. The highest BCUT2D eigenvalue weighted by Gasteiger charge is 2.37. The summed E-state index contributed by atoms with van der Waals surface area (Å²) in [6, 6.07) is 1.91. The van der Waals surface area contributed by atoms with E-state index >= 15 is 0 Å². The minimum absolute atomic E-state index is 0.0908. The Bertz CT molecular complexity index is 658. The molecule has 1 saturated heterocycles. The molecule has 1 aromatic heterocycles. The smallest absolute Gasteiger partial charge is 0.274 e. The summed E-state index contributed by atoms with van der Waals surface area (Å²) in [6.45, 7) is 8.42. The van der Waals surface area contributed by atoms with Crippen LogP contribution in [0.3, 0.4) is 0 Å². The number of quaternary nitrogens is 1. The lowest BCUT2D eigenvalue weighted by Gasteiger charge is -2.30. The number of nitrogens with one attached hydrogen (secondary N) is 1. The van der Waals surface area contributed by atoms with Crippen molar-refractivity contribution in [3.8, 4) is 0 Å². The molecule has 2 heterocycles. The molecule has 2 bridgehead atoms. The van der Waals surface area contributed by atoms with Crippen LogP contribution in [0, 0.1) is 24.7 Å². The van der Waals surface area contributed by atoms with Crippen LogP contribution in [0.5, 0.6) is 0 Å².